The van der Waals surface area contributed by atoms with E-state index in [-0.39, 0.29) is 10.8 Å². The molecule has 0 aromatic heterocycles. The fraction of sp³-hybridized carbons (Fsp3) is 0.522. The van der Waals surface area contributed by atoms with Crippen molar-refractivity contribution in [3.63, 3.8) is 0 Å². The maximum Gasteiger partial charge on any atom is 0.241 e. The fourth-order valence-corrected chi connectivity index (χ4v) is 4.75. The molecule has 2 aromatic rings. The van der Waals surface area contributed by atoms with Crippen LogP contribution in [-0.2, 0) is 14.8 Å². The van der Waals surface area contributed by atoms with Gasteiger partial charge in [-0.1, -0.05) is 64.3 Å². The highest BCUT2D eigenvalue weighted by molar-refractivity contribution is 7.89. The van der Waals surface area contributed by atoms with Gasteiger partial charge < -0.3 is 16.0 Å². The van der Waals surface area contributed by atoms with Gasteiger partial charge in [-0.15, -0.1) is 0 Å². The Labute approximate surface area is 187 Å². The van der Waals surface area contributed by atoms with E-state index in [1.54, 1.807) is 18.2 Å². The van der Waals surface area contributed by atoms with Gasteiger partial charge in [0.15, 0.2) is 0 Å². The predicted molar refractivity (Wildman–Crippen MR) is 130 cm³/mol. The summed E-state index contributed by atoms with van der Waals surface area (Å²) in [6, 6.07) is 9.94. The number of benzene rings is 2. The molecule has 8 heteroatoms. The Kier molecular flexibility index (Phi) is 11.5. The Balaban J connectivity index is 0.00000233. The second kappa shape index (κ2) is 13.3. The fourth-order valence-electron chi connectivity index (χ4n) is 3.30. The third-order valence-corrected chi connectivity index (χ3v) is 6.31. The van der Waals surface area contributed by atoms with Crippen molar-refractivity contribution in [3.8, 4) is 0 Å². The van der Waals surface area contributed by atoms with Gasteiger partial charge in [-0.3, -0.25) is 4.79 Å². The summed E-state index contributed by atoms with van der Waals surface area (Å²) in [7, 11) is -0.0635. The van der Waals surface area contributed by atoms with E-state index in [0.717, 1.165) is 30.3 Å². The van der Waals surface area contributed by atoms with Crippen LogP contribution >= 0.6 is 0 Å². The molecule has 0 aliphatic heterocycles. The van der Waals surface area contributed by atoms with Crippen molar-refractivity contribution in [2.75, 3.05) is 32.1 Å². The van der Waals surface area contributed by atoms with Crippen LogP contribution in [0.1, 0.15) is 46.5 Å². The molecule has 0 fully saturated rings. The first-order valence-electron chi connectivity index (χ1n) is 11.0. The molecule has 7 nitrogen and oxygen atoms in total. The third-order valence-electron chi connectivity index (χ3n) is 4.78. The van der Waals surface area contributed by atoms with Crippen molar-refractivity contribution in [1.82, 2.24) is 10.0 Å². The van der Waals surface area contributed by atoms with E-state index in [9.17, 15) is 13.2 Å². The lowest BCUT2D eigenvalue weighted by Gasteiger charge is -2.20. The molecule has 4 N–H and O–H groups in total. The second-order valence-electron chi connectivity index (χ2n) is 7.27. The standard InChI is InChI=1S/C21H32N4O3S.C2H6/c1-4-5-6-11-18(21(26)23-15-14-22)24-29(27,28)20-13-8-9-16-17(20)10-7-12-19(16)25(2)3;1-2/h7-10,12-13,18,24H,4-6,11,14-15,22H2,1-3H3,(H,23,26);1-2H3/t18-;/m0./s1. The lowest BCUT2D eigenvalue weighted by atomic mass is 10.1. The quantitative estimate of drug-likeness (QED) is 0.456. The van der Waals surface area contributed by atoms with Crippen LogP contribution in [0.4, 0.5) is 5.69 Å². The minimum absolute atomic E-state index is 0.172. The van der Waals surface area contributed by atoms with Crippen molar-refractivity contribution < 1.29 is 13.2 Å². The molecule has 0 spiro atoms. The van der Waals surface area contributed by atoms with Gasteiger partial charge >= 0.3 is 0 Å². The maximum absolute atomic E-state index is 13.2. The highest BCUT2D eigenvalue weighted by Crippen LogP contribution is 2.30. The van der Waals surface area contributed by atoms with E-state index in [4.69, 9.17) is 5.73 Å². The van der Waals surface area contributed by atoms with Gasteiger partial charge in [-0.25, -0.2) is 8.42 Å². The minimum Gasteiger partial charge on any atom is -0.377 e. The third kappa shape index (κ3) is 7.48. The van der Waals surface area contributed by atoms with Crippen LogP contribution in [0.3, 0.4) is 0 Å². The molecule has 174 valence electrons. The largest absolute Gasteiger partial charge is 0.377 e. The maximum atomic E-state index is 13.2. The van der Waals surface area contributed by atoms with E-state index in [2.05, 4.69) is 17.0 Å². The van der Waals surface area contributed by atoms with Crippen LogP contribution in [0.15, 0.2) is 41.3 Å². The number of unbranched alkanes of at least 4 members (excludes halogenated alkanes) is 2. The van der Waals surface area contributed by atoms with Crippen LogP contribution in [0, 0.1) is 0 Å². The molecule has 2 aromatic carbocycles. The Morgan fingerprint density at radius 3 is 2.32 bits per heavy atom. The first kappa shape index (κ1) is 26.9. The lowest BCUT2D eigenvalue weighted by Crippen LogP contribution is -2.47. The van der Waals surface area contributed by atoms with Gasteiger partial charge in [0, 0.05) is 43.6 Å². The number of hydrogen-bond acceptors (Lipinski definition) is 5. The number of fused-ring (bicyclic) bond motifs is 1. The van der Waals surface area contributed by atoms with Crippen molar-refractivity contribution in [3.05, 3.63) is 36.4 Å². The van der Waals surface area contributed by atoms with Gasteiger partial charge in [0.05, 0.1) is 4.90 Å². The molecule has 0 saturated carbocycles. The molecule has 0 unspecified atom stereocenters. The number of sulfonamides is 1. The predicted octanol–water partition coefficient (Wildman–Crippen LogP) is 3.23. The molecule has 0 radical (unpaired) electrons. The zero-order chi connectivity index (χ0) is 23.4. The van der Waals surface area contributed by atoms with Gasteiger partial charge in [-0.2, -0.15) is 4.72 Å². The van der Waals surface area contributed by atoms with Crippen molar-refractivity contribution in [2.24, 2.45) is 5.73 Å². The number of carbonyl (C=O) groups excluding carboxylic acids is 1. The second-order valence-corrected chi connectivity index (χ2v) is 8.95. The highest BCUT2D eigenvalue weighted by Gasteiger charge is 2.26. The highest BCUT2D eigenvalue weighted by atomic mass is 32.2. The summed E-state index contributed by atoms with van der Waals surface area (Å²) in [5.41, 5.74) is 6.39. The van der Waals surface area contributed by atoms with Gasteiger partial charge in [-0.05, 0) is 18.6 Å². The van der Waals surface area contributed by atoms with E-state index in [1.807, 2.05) is 51.0 Å². The topological polar surface area (TPSA) is 105 Å². The van der Waals surface area contributed by atoms with Gasteiger partial charge in [0.1, 0.15) is 6.04 Å². The van der Waals surface area contributed by atoms with Crippen molar-refractivity contribution in [1.29, 1.82) is 0 Å². The van der Waals surface area contributed by atoms with Gasteiger partial charge in [0.25, 0.3) is 0 Å². The Morgan fingerprint density at radius 2 is 1.71 bits per heavy atom. The average Bonchev–Trinajstić information content (AvgIpc) is 2.77. The molecule has 0 saturated heterocycles. The Hall–Kier alpha value is -2.16. The number of amides is 1. The first-order chi connectivity index (χ1) is 14.8. The summed E-state index contributed by atoms with van der Waals surface area (Å²) in [4.78, 5) is 14.6. The average molecular weight is 451 g/mol. The lowest BCUT2D eigenvalue weighted by molar-refractivity contribution is -0.122. The summed E-state index contributed by atoms with van der Waals surface area (Å²) < 4.78 is 29.1. The number of carbonyl (C=O) groups is 1. The number of nitrogens with zero attached hydrogens (tertiary/aromatic N) is 1. The van der Waals surface area contributed by atoms with Crippen molar-refractivity contribution in [2.45, 2.75) is 57.4 Å². The van der Waals surface area contributed by atoms with Crippen LogP contribution < -0.4 is 20.7 Å². The summed E-state index contributed by atoms with van der Waals surface area (Å²) in [5, 5.41) is 4.17. The molecule has 0 bridgehead atoms. The minimum atomic E-state index is -3.90. The number of rotatable bonds is 11. The number of hydrogen-bond donors (Lipinski definition) is 3. The van der Waals surface area contributed by atoms with Crippen LogP contribution in [0.2, 0.25) is 0 Å². The van der Waals surface area contributed by atoms with Crippen LogP contribution in [-0.4, -0.2) is 47.6 Å². The molecule has 2 rings (SSSR count). The number of nitrogens with two attached hydrogens (primary N) is 1. The van der Waals surface area contributed by atoms with Gasteiger partial charge in [0.2, 0.25) is 15.9 Å². The summed E-state index contributed by atoms with van der Waals surface area (Å²) in [6.45, 7) is 6.67. The smallest absolute Gasteiger partial charge is 0.241 e. The summed E-state index contributed by atoms with van der Waals surface area (Å²) in [6.07, 6.45) is 3.13. The monoisotopic (exact) mass is 450 g/mol. The summed E-state index contributed by atoms with van der Waals surface area (Å²) in [5.74, 6) is -0.343. The Bertz CT molecular complexity index is 930. The number of nitrogens with one attached hydrogen (secondary N) is 2. The van der Waals surface area contributed by atoms with Crippen molar-refractivity contribution >= 4 is 32.4 Å². The Morgan fingerprint density at radius 1 is 1.06 bits per heavy atom. The molecule has 31 heavy (non-hydrogen) atoms. The first-order valence-corrected chi connectivity index (χ1v) is 12.5. The summed E-state index contributed by atoms with van der Waals surface area (Å²) >= 11 is 0. The molecule has 0 aliphatic carbocycles. The molecule has 0 heterocycles. The SMILES string of the molecule is CC.CCCCC[C@H](NS(=O)(=O)c1cccc2c(N(C)C)cccc12)C(=O)NCCN. The van der Waals surface area contributed by atoms with E-state index >= 15 is 0 Å². The molecule has 0 aliphatic rings. The molecular weight excluding hydrogens is 412 g/mol. The van der Waals surface area contributed by atoms with E-state index in [0.29, 0.717) is 24.9 Å². The normalized spacial score (nSPS) is 12.1. The molecular formula is C23H38N4O3S. The molecule has 1 amide bonds. The van der Waals surface area contributed by atoms with E-state index < -0.39 is 16.1 Å². The number of anilines is 1. The molecule has 1 atom stereocenters. The van der Waals surface area contributed by atoms with E-state index in [1.165, 1.54) is 0 Å². The van der Waals surface area contributed by atoms with Crippen LogP contribution in [0.25, 0.3) is 10.8 Å². The van der Waals surface area contributed by atoms with Crippen LogP contribution in [0.5, 0.6) is 0 Å². The zero-order valence-corrected chi connectivity index (χ0v) is 20.3. The zero-order valence-electron chi connectivity index (χ0n) is 19.4.